The van der Waals surface area contributed by atoms with Crippen molar-refractivity contribution in [1.29, 1.82) is 0 Å². The van der Waals surface area contributed by atoms with Gasteiger partial charge in [0.1, 0.15) is 0 Å². The SMILES string of the molecule is C1=Cc2cccc(-c3ccc(N(c4ccc(-c5ccc6c(c5)c5c(n6-c6ccccc6)C=CCC5)cc4)c4ccc(C5CC=Cc6ccccc65)cc4)cc3)c2CC1. The molecule has 0 bridgehead atoms. The van der Waals surface area contributed by atoms with E-state index in [4.69, 9.17) is 0 Å². The second-order valence-electron chi connectivity index (χ2n) is 15.9. The summed E-state index contributed by atoms with van der Waals surface area (Å²) in [5, 5.41) is 1.35. The largest absolute Gasteiger partial charge is 0.311 e. The number of hydrogen-bond acceptors (Lipinski definition) is 1. The zero-order valence-electron chi connectivity index (χ0n) is 32.6. The molecule has 8 aromatic rings. The van der Waals surface area contributed by atoms with Gasteiger partial charge in [-0.2, -0.15) is 0 Å². The van der Waals surface area contributed by atoms with Crippen LogP contribution in [0.4, 0.5) is 17.1 Å². The number of para-hydroxylation sites is 1. The Balaban J connectivity index is 0.965. The molecule has 1 heterocycles. The molecule has 2 nitrogen and oxygen atoms in total. The van der Waals surface area contributed by atoms with Crippen LogP contribution in [0.15, 0.2) is 182 Å². The summed E-state index contributed by atoms with van der Waals surface area (Å²) < 4.78 is 2.43. The fourth-order valence-corrected chi connectivity index (χ4v) is 9.67. The Hall–Kier alpha value is -6.90. The molecule has 0 saturated heterocycles. The molecule has 1 atom stereocenters. The number of benzene rings is 7. The number of aryl methyl sites for hydroxylation is 1. The van der Waals surface area contributed by atoms with Gasteiger partial charge in [-0.25, -0.2) is 0 Å². The average Bonchev–Trinajstić information content (AvgIpc) is 3.63. The number of hydrogen-bond donors (Lipinski definition) is 0. The molecule has 0 amide bonds. The minimum absolute atomic E-state index is 0.359. The first-order chi connectivity index (χ1) is 28.8. The van der Waals surface area contributed by atoms with Crippen LogP contribution >= 0.6 is 0 Å². The van der Waals surface area contributed by atoms with Gasteiger partial charge in [0, 0.05) is 39.7 Å². The molecule has 2 heteroatoms. The minimum Gasteiger partial charge on any atom is -0.311 e. The van der Waals surface area contributed by atoms with E-state index in [0.29, 0.717) is 5.92 Å². The number of rotatable bonds is 7. The Bertz CT molecular complexity index is 2890. The van der Waals surface area contributed by atoms with Gasteiger partial charge in [-0.15, -0.1) is 0 Å². The molecule has 11 rings (SSSR count). The first kappa shape index (κ1) is 34.4. The summed E-state index contributed by atoms with van der Waals surface area (Å²) in [5.41, 5.74) is 20.6. The number of aromatic nitrogens is 1. The highest BCUT2D eigenvalue weighted by molar-refractivity contribution is 5.94. The lowest BCUT2D eigenvalue weighted by Gasteiger charge is -2.27. The smallest absolute Gasteiger partial charge is 0.0538 e. The van der Waals surface area contributed by atoms with E-state index >= 15 is 0 Å². The van der Waals surface area contributed by atoms with E-state index in [2.05, 4.69) is 210 Å². The van der Waals surface area contributed by atoms with Crippen LogP contribution in [0.5, 0.6) is 0 Å². The fraction of sp³-hybridized carbons (Fsp3) is 0.107. The monoisotopic (exact) mass is 744 g/mol. The number of anilines is 3. The van der Waals surface area contributed by atoms with Gasteiger partial charge < -0.3 is 9.47 Å². The van der Waals surface area contributed by atoms with Crippen molar-refractivity contribution in [3.63, 3.8) is 0 Å². The zero-order valence-corrected chi connectivity index (χ0v) is 32.6. The third kappa shape index (κ3) is 6.04. The molecule has 0 radical (unpaired) electrons. The Morgan fingerprint density at radius 1 is 0.483 bits per heavy atom. The van der Waals surface area contributed by atoms with Crippen molar-refractivity contribution in [1.82, 2.24) is 4.57 Å². The molecule has 3 aliphatic rings. The number of allylic oxidation sites excluding steroid dienone is 3. The maximum absolute atomic E-state index is 2.43. The Morgan fingerprint density at radius 2 is 1.12 bits per heavy atom. The van der Waals surface area contributed by atoms with E-state index in [-0.39, 0.29) is 0 Å². The highest BCUT2D eigenvalue weighted by atomic mass is 15.1. The summed E-state index contributed by atoms with van der Waals surface area (Å²) in [5.74, 6) is 0.359. The lowest BCUT2D eigenvalue weighted by Crippen LogP contribution is -2.11. The highest BCUT2D eigenvalue weighted by Gasteiger charge is 2.22. The molecule has 0 spiro atoms. The lowest BCUT2D eigenvalue weighted by atomic mass is 9.82. The molecular weight excluding hydrogens is 701 g/mol. The lowest BCUT2D eigenvalue weighted by molar-refractivity contribution is 0.819. The van der Waals surface area contributed by atoms with Gasteiger partial charge >= 0.3 is 0 Å². The summed E-state index contributed by atoms with van der Waals surface area (Å²) >= 11 is 0. The van der Waals surface area contributed by atoms with Crippen molar-refractivity contribution in [3.8, 4) is 27.9 Å². The van der Waals surface area contributed by atoms with Gasteiger partial charge in [-0.1, -0.05) is 134 Å². The summed E-state index contributed by atoms with van der Waals surface area (Å²) in [6.45, 7) is 0. The fourth-order valence-electron chi connectivity index (χ4n) is 9.67. The van der Waals surface area contributed by atoms with E-state index in [0.717, 1.165) is 49.2 Å². The first-order valence-corrected chi connectivity index (χ1v) is 20.8. The van der Waals surface area contributed by atoms with Crippen LogP contribution in [-0.4, -0.2) is 4.57 Å². The van der Waals surface area contributed by atoms with Crippen molar-refractivity contribution in [3.05, 3.63) is 221 Å². The Labute approximate surface area is 341 Å². The third-order valence-electron chi connectivity index (χ3n) is 12.5. The van der Waals surface area contributed by atoms with Crippen LogP contribution in [0.1, 0.15) is 64.3 Å². The first-order valence-electron chi connectivity index (χ1n) is 20.8. The van der Waals surface area contributed by atoms with Crippen LogP contribution < -0.4 is 4.90 Å². The van der Waals surface area contributed by atoms with Crippen LogP contribution in [0.25, 0.3) is 57.1 Å². The zero-order chi connectivity index (χ0) is 38.4. The van der Waals surface area contributed by atoms with Crippen LogP contribution in [-0.2, 0) is 12.8 Å². The predicted molar refractivity (Wildman–Crippen MR) is 245 cm³/mol. The third-order valence-corrected chi connectivity index (χ3v) is 12.5. The molecule has 0 fully saturated rings. The van der Waals surface area contributed by atoms with Crippen LogP contribution in [0.2, 0.25) is 0 Å². The molecule has 0 saturated carbocycles. The Kier molecular flexibility index (Phi) is 8.62. The van der Waals surface area contributed by atoms with Gasteiger partial charge in [-0.3, -0.25) is 0 Å². The molecule has 58 heavy (non-hydrogen) atoms. The van der Waals surface area contributed by atoms with Gasteiger partial charge in [0.05, 0.1) is 5.52 Å². The number of nitrogens with zero attached hydrogens (tertiary/aromatic N) is 2. The van der Waals surface area contributed by atoms with E-state index in [9.17, 15) is 0 Å². The van der Waals surface area contributed by atoms with Crippen molar-refractivity contribution in [2.45, 2.75) is 38.0 Å². The minimum atomic E-state index is 0.359. The summed E-state index contributed by atoms with van der Waals surface area (Å²) in [6.07, 6.45) is 19.1. The number of fused-ring (bicyclic) bond motifs is 5. The van der Waals surface area contributed by atoms with E-state index in [1.807, 2.05) is 0 Å². The van der Waals surface area contributed by atoms with Crippen molar-refractivity contribution in [2.75, 3.05) is 4.90 Å². The van der Waals surface area contributed by atoms with Crippen molar-refractivity contribution in [2.24, 2.45) is 0 Å². The molecule has 0 N–H and O–H groups in total. The quantitative estimate of drug-likeness (QED) is 0.158. The Morgan fingerprint density at radius 3 is 1.91 bits per heavy atom. The molecule has 7 aromatic carbocycles. The second-order valence-corrected chi connectivity index (χ2v) is 15.9. The van der Waals surface area contributed by atoms with E-state index in [1.54, 1.807) is 0 Å². The molecule has 1 aromatic heterocycles. The molecule has 0 aliphatic heterocycles. The van der Waals surface area contributed by atoms with Crippen molar-refractivity contribution < 1.29 is 0 Å². The standard InChI is InChI=1S/C56H44N2/c1-2-16-45(17-3-1)58-55-23-9-8-20-53(55)54-38-44(30-37-56(54)58)39-24-31-46(32-25-39)57(47-33-26-42(27-34-47)51-21-10-14-40-12-4-6-18-49(40)51)48-35-28-43(29-36-48)52-22-11-15-41-13-5-7-19-50(41)52/h1-6,9-18,22-38,51H,7-8,19-21H2. The molecule has 278 valence electrons. The second kappa shape index (κ2) is 14.6. The van der Waals surface area contributed by atoms with Gasteiger partial charge in [0.25, 0.3) is 0 Å². The van der Waals surface area contributed by atoms with Crippen LogP contribution in [0.3, 0.4) is 0 Å². The topological polar surface area (TPSA) is 8.17 Å². The maximum atomic E-state index is 2.43. The van der Waals surface area contributed by atoms with Gasteiger partial charge in [-0.05, 0) is 154 Å². The van der Waals surface area contributed by atoms with E-state index in [1.165, 1.54) is 77.9 Å². The normalized spacial score (nSPS) is 15.2. The molecule has 1 unspecified atom stereocenters. The average molecular weight is 745 g/mol. The summed E-state index contributed by atoms with van der Waals surface area (Å²) in [7, 11) is 0. The molecular formula is C56H44N2. The van der Waals surface area contributed by atoms with E-state index < -0.39 is 0 Å². The highest BCUT2D eigenvalue weighted by Crippen LogP contribution is 2.42. The van der Waals surface area contributed by atoms with Gasteiger partial charge in [0.15, 0.2) is 0 Å². The van der Waals surface area contributed by atoms with Gasteiger partial charge in [0.2, 0.25) is 0 Å². The molecule has 3 aliphatic carbocycles. The van der Waals surface area contributed by atoms with Crippen molar-refractivity contribution >= 4 is 46.2 Å². The van der Waals surface area contributed by atoms with Crippen LogP contribution in [0, 0.1) is 0 Å². The predicted octanol–water partition coefficient (Wildman–Crippen LogP) is 14.9. The summed E-state index contributed by atoms with van der Waals surface area (Å²) in [4.78, 5) is 2.40. The summed E-state index contributed by atoms with van der Waals surface area (Å²) in [6, 6.07) is 60.9. The maximum Gasteiger partial charge on any atom is 0.0538 e.